The van der Waals surface area contributed by atoms with Crippen LogP contribution >= 0.6 is 27.7 Å². The van der Waals surface area contributed by atoms with Gasteiger partial charge in [0, 0.05) is 16.3 Å². The van der Waals surface area contributed by atoms with Crippen molar-refractivity contribution < 1.29 is 18.7 Å². The normalized spacial score (nSPS) is 11.9. The van der Waals surface area contributed by atoms with E-state index in [-0.39, 0.29) is 22.8 Å². The molecule has 4 nitrogen and oxygen atoms in total. The number of carbonyl (C=O) groups excluding carboxylic acids is 2. The molecule has 7 heteroatoms. The van der Waals surface area contributed by atoms with Crippen molar-refractivity contribution >= 4 is 45.3 Å². The Labute approximate surface area is 148 Å². The highest BCUT2D eigenvalue weighted by Gasteiger charge is 2.21. The van der Waals surface area contributed by atoms with Gasteiger partial charge in [-0.2, -0.15) is 0 Å². The fourth-order valence-corrected chi connectivity index (χ4v) is 3.36. The van der Waals surface area contributed by atoms with E-state index in [1.54, 1.807) is 0 Å². The summed E-state index contributed by atoms with van der Waals surface area (Å²) in [5, 5.41) is 2.06. The van der Waals surface area contributed by atoms with E-state index in [2.05, 4.69) is 21.2 Å². The lowest BCUT2D eigenvalue weighted by molar-refractivity contribution is -0.143. The number of nitrogens with one attached hydrogen (secondary N) is 1. The van der Waals surface area contributed by atoms with Crippen LogP contribution in [-0.2, 0) is 14.3 Å². The van der Waals surface area contributed by atoms with E-state index in [1.807, 2.05) is 13.8 Å². The second-order valence-corrected chi connectivity index (χ2v) is 7.08. The third-order valence-electron chi connectivity index (χ3n) is 2.98. The van der Waals surface area contributed by atoms with Gasteiger partial charge in [0.25, 0.3) is 0 Å². The summed E-state index contributed by atoms with van der Waals surface area (Å²) in [5.41, 5.74) is 0.0948. The molecule has 1 N–H and O–H groups in total. The molecule has 0 spiro atoms. The summed E-state index contributed by atoms with van der Waals surface area (Å²) < 4.78 is 19.6. The van der Waals surface area contributed by atoms with E-state index in [0.717, 1.165) is 12.8 Å². The van der Waals surface area contributed by atoms with Crippen molar-refractivity contribution in [2.45, 2.75) is 50.2 Å². The van der Waals surface area contributed by atoms with Crippen LogP contribution in [0.2, 0.25) is 0 Å². The Morgan fingerprint density at radius 2 is 2.09 bits per heavy atom. The van der Waals surface area contributed by atoms with Gasteiger partial charge >= 0.3 is 5.97 Å². The first-order valence-corrected chi connectivity index (χ1v) is 9.16. The molecule has 0 aliphatic heterocycles. The SMILES string of the molecule is CCCCOC(=O)C(CC)Sc1cc(NC(C)=O)c(F)cc1Br. The second kappa shape index (κ2) is 9.93. The molecule has 0 saturated carbocycles. The number of hydrogen-bond acceptors (Lipinski definition) is 4. The van der Waals surface area contributed by atoms with Crippen LogP contribution in [0.15, 0.2) is 21.5 Å². The number of hydrogen-bond donors (Lipinski definition) is 1. The largest absolute Gasteiger partial charge is 0.465 e. The summed E-state index contributed by atoms with van der Waals surface area (Å²) in [6.07, 6.45) is 2.38. The highest BCUT2D eigenvalue weighted by Crippen LogP contribution is 2.36. The molecular formula is C16H21BrFNO3S. The maximum absolute atomic E-state index is 13.8. The van der Waals surface area contributed by atoms with E-state index >= 15 is 0 Å². The lowest BCUT2D eigenvalue weighted by atomic mass is 10.3. The number of carbonyl (C=O) groups is 2. The summed E-state index contributed by atoms with van der Waals surface area (Å²) in [4.78, 5) is 23.9. The number of unbranched alkanes of at least 4 members (excludes halogenated alkanes) is 1. The molecule has 1 aromatic rings. The number of benzene rings is 1. The Kier molecular flexibility index (Phi) is 8.62. The average Bonchev–Trinajstić information content (AvgIpc) is 2.48. The average molecular weight is 406 g/mol. The number of thioether (sulfide) groups is 1. The maximum atomic E-state index is 13.8. The van der Waals surface area contributed by atoms with Crippen molar-refractivity contribution in [3.63, 3.8) is 0 Å². The topological polar surface area (TPSA) is 55.4 Å². The van der Waals surface area contributed by atoms with E-state index in [1.165, 1.54) is 30.8 Å². The summed E-state index contributed by atoms with van der Waals surface area (Å²) in [5.74, 6) is -1.16. The van der Waals surface area contributed by atoms with Gasteiger partial charge in [0.1, 0.15) is 11.1 Å². The van der Waals surface area contributed by atoms with Crippen LogP contribution < -0.4 is 5.32 Å². The Morgan fingerprint density at radius 3 is 2.65 bits per heavy atom. The lowest BCUT2D eigenvalue weighted by Gasteiger charge is -2.16. The maximum Gasteiger partial charge on any atom is 0.319 e. The van der Waals surface area contributed by atoms with E-state index < -0.39 is 5.82 Å². The van der Waals surface area contributed by atoms with Gasteiger partial charge in [-0.1, -0.05) is 20.3 Å². The number of amides is 1. The summed E-state index contributed by atoms with van der Waals surface area (Å²) in [6.45, 7) is 5.65. The molecule has 0 aliphatic carbocycles. The minimum absolute atomic E-state index is 0.0948. The zero-order chi connectivity index (χ0) is 17.4. The quantitative estimate of drug-likeness (QED) is 0.384. The van der Waals surface area contributed by atoms with Crippen LogP contribution in [0.5, 0.6) is 0 Å². The predicted molar refractivity (Wildman–Crippen MR) is 94.2 cm³/mol. The Morgan fingerprint density at radius 1 is 1.39 bits per heavy atom. The number of ether oxygens (including phenoxy) is 1. The number of rotatable bonds is 8. The molecule has 23 heavy (non-hydrogen) atoms. The fourth-order valence-electron chi connectivity index (χ4n) is 1.77. The molecule has 1 amide bonds. The Hall–Kier alpha value is -1.08. The molecule has 0 aliphatic rings. The van der Waals surface area contributed by atoms with Gasteiger partial charge in [-0.05, 0) is 40.9 Å². The monoisotopic (exact) mass is 405 g/mol. The van der Waals surface area contributed by atoms with E-state index in [4.69, 9.17) is 4.74 Å². The van der Waals surface area contributed by atoms with Crippen LogP contribution in [0.4, 0.5) is 10.1 Å². The summed E-state index contributed by atoms with van der Waals surface area (Å²) in [6, 6.07) is 2.80. The highest BCUT2D eigenvalue weighted by molar-refractivity contribution is 9.10. The van der Waals surface area contributed by atoms with Crippen LogP contribution in [0.1, 0.15) is 40.0 Å². The van der Waals surface area contributed by atoms with Crippen molar-refractivity contribution in [2.24, 2.45) is 0 Å². The molecule has 1 rings (SSSR count). The Bertz CT molecular complexity index is 569. The molecule has 0 fully saturated rings. The van der Waals surface area contributed by atoms with Gasteiger partial charge in [0.05, 0.1) is 12.3 Å². The Balaban J connectivity index is 2.87. The van der Waals surface area contributed by atoms with Gasteiger partial charge in [-0.3, -0.25) is 9.59 Å². The number of esters is 1. The molecule has 0 radical (unpaired) electrons. The number of anilines is 1. The smallest absolute Gasteiger partial charge is 0.319 e. The van der Waals surface area contributed by atoms with Gasteiger partial charge < -0.3 is 10.1 Å². The van der Waals surface area contributed by atoms with Crippen LogP contribution in [0.25, 0.3) is 0 Å². The van der Waals surface area contributed by atoms with Gasteiger partial charge in [0.15, 0.2) is 0 Å². The second-order valence-electron chi connectivity index (χ2n) is 4.98. The van der Waals surface area contributed by atoms with Crippen LogP contribution in [-0.4, -0.2) is 23.7 Å². The van der Waals surface area contributed by atoms with Crippen molar-refractivity contribution in [2.75, 3.05) is 11.9 Å². The fraction of sp³-hybridized carbons (Fsp3) is 0.500. The first-order valence-electron chi connectivity index (χ1n) is 7.48. The molecule has 1 atom stereocenters. The highest BCUT2D eigenvalue weighted by atomic mass is 79.9. The third-order valence-corrected chi connectivity index (χ3v) is 5.30. The minimum Gasteiger partial charge on any atom is -0.465 e. The summed E-state index contributed by atoms with van der Waals surface area (Å²) >= 11 is 4.58. The molecule has 128 valence electrons. The minimum atomic E-state index is -0.532. The first kappa shape index (κ1) is 20.0. The van der Waals surface area contributed by atoms with Crippen molar-refractivity contribution in [1.29, 1.82) is 0 Å². The third kappa shape index (κ3) is 6.51. The first-order chi connectivity index (χ1) is 10.9. The van der Waals surface area contributed by atoms with Crippen molar-refractivity contribution in [3.8, 4) is 0 Å². The molecule has 0 bridgehead atoms. The molecule has 0 saturated heterocycles. The zero-order valence-corrected chi connectivity index (χ0v) is 15.9. The molecule has 1 unspecified atom stereocenters. The standard InChI is InChI=1S/C16H21BrFNO3S/c1-4-6-7-22-16(21)14(5-2)23-15-9-13(19-10(3)20)12(18)8-11(15)17/h8-9,14H,4-7H2,1-3H3,(H,19,20). The molecular weight excluding hydrogens is 385 g/mol. The van der Waals surface area contributed by atoms with Crippen LogP contribution in [0.3, 0.4) is 0 Å². The lowest BCUT2D eigenvalue weighted by Crippen LogP contribution is -2.20. The zero-order valence-electron chi connectivity index (χ0n) is 13.4. The van der Waals surface area contributed by atoms with Crippen LogP contribution in [0, 0.1) is 5.82 Å². The van der Waals surface area contributed by atoms with Gasteiger partial charge in [-0.25, -0.2) is 4.39 Å². The van der Waals surface area contributed by atoms with Crippen molar-refractivity contribution in [3.05, 3.63) is 22.4 Å². The molecule has 1 aromatic carbocycles. The molecule has 0 aromatic heterocycles. The number of halogens is 2. The van der Waals surface area contributed by atoms with Gasteiger partial charge in [-0.15, -0.1) is 11.8 Å². The predicted octanol–water partition coefficient (Wildman–Crippen LogP) is 4.76. The van der Waals surface area contributed by atoms with Gasteiger partial charge in [0.2, 0.25) is 5.91 Å². The molecule has 0 heterocycles. The van der Waals surface area contributed by atoms with E-state index in [9.17, 15) is 14.0 Å². The van der Waals surface area contributed by atoms with Crippen molar-refractivity contribution in [1.82, 2.24) is 0 Å². The van der Waals surface area contributed by atoms with E-state index in [0.29, 0.717) is 22.4 Å². The summed E-state index contributed by atoms with van der Waals surface area (Å²) in [7, 11) is 0.